The average molecular weight is 231 g/mol. The fourth-order valence-corrected chi connectivity index (χ4v) is 1.53. The molecular weight excluding hydrogens is 218 g/mol. The first-order valence-electron chi connectivity index (χ1n) is 5.45. The average Bonchev–Trinajstić information content (AvgIpc) is 2.74. The van der Waals surface area contributed by atoms with Gasteiger partial charge < -0.3 is 0 Å². The molecule has 0 spiro atoms. The highest BCUT2D eigenvalue weighted by molar-refractivity contribution is 6.05. The normalized spacial score (nSPS) is 14.8. The number of carbonyl (C=O) groups excluding carboxylic acids is 2. The molecule has 5 nitrogen and oxygen atoms in total. The number of nitrogens with zero attached hydrogens (tertiary/aromatic N) is 3. The highest BCUT2D eigenvalue weighted by Crippen LogP contribution is 2.17. The first-order chi connectivity index (χ1) is 8.09. The van der Waals surface area contributed by atoms with E-state index in [2.05, 4.69) is 10.1 Å². The molecule has 1 amide bonds. The maximum atomic E-state index is 11.7. The van der Waals surface area contributed by atoms with Gasteiger partial charge in [0.1, 0.15) is 0 Å². The van der Waals surface area contributed by atoms with Gasteiger partial charge in [-0.15, -0.1) is 0 Å². The molecule has 1 aliphatic heterocycles. The van der Waals surface area contributed by atoms with Crippen LogP contribution in [0.3, 0.4) is 0 Å². The van der Waals surface area contributed by atoms with Crippen molar-refractivity contribution in [1.29, 1.82) is 0 Å². The molecule has 0 aromatic carbocycles. The molecule has 1 aliphatic rings. The van der Waals surface area contributed by atoms with Crippen molar-refractivity contribution in [3.05, 3.63) is 23.9 Å². The largest absolute Gasteiger partial charge is 0.294 e. The Bertz CT molecular complexity index is 477. The van der Waals surface area contributed by atoms with E-state index in [1.165, 1.54) is 17.4 Å². The summed E-state index contributed by atoms with van der Waals surface area (Å²) < 4.78 is 0. The summed E-state index contributed by atoms with van der Waals surface area (Å²) in [5.74, 6) is 0.318. The van der Waals surface area contributed by atoms with Crippen LogP contribution in [0, 0.1) is 5.92 Å². The van der Waals surface area contributed by atoms with E-state index >= 15 is 0 Å². The van der Waals surface area contributed by atoms with E-state index < -0.39 is 0 Å². The van der Waals surface area contributed by atoms with Crippen molar-refractivity contribution in [1.82, 2.24) is 4.98 Å². The Kier molecular flexibility index (Phi) is 2.99. The molecule has 0 atom stereocenters. The van der Waals surface area contributed by atoms with Crippen LogP contribution in [-0.2, 0) is 4.79 Å². The zero-order chi connectivity index (χ0) is 12.4. The second-order valence-electron chi connectivity index (χ2n) is 4.13. The van der Waals surface area contributed by atoms with E-state index in [4.69, 9.17) is 0 Å². The van der Waals surface area contributed by atoms with Gasteiger partial charge >= 0.3 is 0 Å². The second-order valence-corrected chi connectivity index (χ2v) is 4.13. The van der Waals surface area contributed by atoms with Gasteiger partial charge in [-0.2, -0.15) is 10.1 Å². The van der Waals surface area contributed by atoms with Crippen LogP contribution in [0.15, 0.2) is 23.4 Å². The Morgan fingerprint density at radius 3 is 2.65 bits per heavy atom. The van der Waals surface area contributed by atoms with E-state index in [9.17, 15) is 9.59 Å². The molecule has 0 saturated heterocycles. The van der Waals surface area contributed by atoms with Gasteiger partial charge in [-0.25, -0.2) is 4.98 Å². The minimum absolute atomic E-state index is 0.0419. The van der Waals surface area contributed by atoms with Crippen molar-refractivity contribution >= 4 is 23.7 Å². The summed E-state index contributed by atoms with van der Waals surface area (Å²) in [4.78, 5) is 27.2. The first-order valence-corrected chi connectivity index (χ1v) is 5.45. The molecule has 17 heavy (non-hydrogen) atoms. The summed E-state index contributed by atoms with van der Waals surface area (Å²) in [6.07, 6.45) is 3.32. The van der Waals surface area contributed by atoms with E-state index in [0.29, 0.717) is 17.8 Å². The number of hydrogen-bond donors (Lipinski definition) is 0. The number of Topliss-reactive ketones (excluding diaryl/α,β-unsaturated/α-hetero) is 1. The molecule has 0 unspecified atom stereocenters. The van der Waals surface area contributed by atoms with Crippen LogP contribution in [0.1, 0.15) is 30.6 Å². The number of anilines is 1. The minimum atomic E-state index is -0.111. The molecule has 5 heteroatoms. The lowest BCUT2D eigenvalue weighted by Gasteiger charge is -2.11. The molecular formula is C12H13N3O2. The van der Waals surface area contributed by atoms with Crippen molar-refractivity contribution in [3.8, 4) is 0 Å². The molecule has 0 fully saturated rings. The lowest BCUT2D eigenvalue weighted by molar-refractivity contribution is -0.116. The molecule has 0 radical (unpaired) electrons. The molecule has 0 aliphatic carbocycles. The lowest BCUT2D eigenvalue weighted by Crippen LogP contribution is -2.20. The number of rotatable bonds is 3. The van der Waals surface area contributed by atoms with Gasteiger partial charge in [0.2, 0.25) is 0 Å². The molecule has 2 rings (SSSR count). The van der Waals surface area contributed by atoms with Crippen LogP contribution in [0.2, 0.25) is 0 Å². The maximum absolute atomic E-state index is 11.7. The Hall–Kier alpha value is -2.04. The quantitative estimate of drug-likeness (QED) is 0.743. The van der Waals surface area contributed by atoms with Crippen molar-refractivity contribution in [2.45, 2.75) is 20.3 Å². The Morgan fingerprint density at radius 1 is 1.41 bits per heavy atom. The molecule has 1 aromatic rings. The number of carbonyl (C=O) groups is 2. The van der Waals surface area contributed by atoms with Crippen molar-refractivity contribution in [3.63, 3.8) is 0 Å². The number of hydrazone groups is 1. The molecule has 0 saturated carbocycles. The first kappa shape index (κ1) is 11.4. The Balaban J connectivity index is 2.21. The third-order valence-electron chi connectivity index (χ3n) is 2.47. The van der Waals surface area contributed by atoms with Crippen molar-refractivity contribution in [2.24, 2.45) is 11.0 Å². The summed E-state index contributed by atoms with van der Waals surface area (Å²) in [5, 5.41) is 5.15. The predicted molar refractivity (Wildman–Crippen MR) is 64.0 cm³/mol. The van der Waals surface area contributed by atoms with Crippen LogP contribution in [0.25, 0.3) is 0 Å². The minimum Gasteiger partial charge on any atom is -0.294 e. The molecule has 1 aromatic heterocycles. The zero-order valence-electron chi connectivity index (χ0n) is 9.75. The van der Waals surface area contributed by atoms with E-state index in [1.54, 1.807) is 12.1 Å². The van der Waals surface area contributed by atoms with Crippen LogP contribution >= 0.6 is 0 Å². The van der Waals surface area contributed by atoms with Crippen LogP contribution in [0.5, 0.6) is 0 Å². The van der Waals surface area contributed by atoms with Crippen molar-refractivity contribution in [2.75, 3.05) is 5.01 Å². The summed E-state index contributed by atoms with van der Waals surface area (Å²) in [6, 6.07) is 3.31. The summed E-state index contributed by atoms with van der Waals surface area (Å²) >= 11 is 0. The lowest BCUT2D eigenvalue weighted by atomic mass is 10.0. The molecule has 0 N–H and O–H groups in total. The standard InChI is InChI=1S/C12H13N3O2/c1-8(2)12(17)9-3-4-10(13-7-9)15-11(16)5-6-14-15/h3-4,6-8H,5H2,1-2H3. The summed E-state index contributed by atoms with van der Waals surface area (Å²) in [7, 11) is 0. The van der Waals surface area contributed by atoms with Crippen LogP contribution < -0.4 is 5.01 Å². The van der Waals surface area contributed by atoms with E-state index in [-0.39, 0.29) is 17.6 Å². The SMILES string of the molecule is CC(C)C(=O)c1ccc(N2N=CCC2=O)nc1. The maximum Gasteiger partial charge on any atom is 0.254 e. The zero-order valence-corrected chi connectivity index (χ0v) is 9.75. The van der Waals surface area contributed by atoms with Crippen LogP contribution in [0.4, 0.5) is 5.82 Å². The van der Waals surface area contributed by atoms with Gasteiger partial charge in [-0.3, -0.25) is 9.59 Å². The fraction of sp³-hybridized carbons (Fsp3) is 0.333. The highest BCUT2D eigenvalue weighted by Gasteiger charge is 2.20. The third kappa shape index (κ3) is 2.22. The molecule has 0 bridgehead atoms. The van der Waals surface area contributed by atoms with Crippen LogP contribution in [-0.4, -0.2) is 22.9 Å². The Labute approximate surface area is 99.1 Å². The second kappa shape index (κ2) is 4.45. The van der Waals surface area contributed by atoms with Gasteiger partial charge in [-0.05, 0) is 12.1 Å². The Morgan fingerprint density at radius 2 is 2.18 bits per heavy atom. The van der Waals surface area contributed by atoms with E-state index in [0.717, 1.165) is 0 Å². The van der Waals surface area contributed by atoms with Gasteiger partial charge in [0, 0.05) is 23.9 Å². The summed E-state index contributed by atoms with van der Waals surface area (Å²) in [6.45, 7) is 3.68. The van der Waals surface area contributed by atoms with Gasteiger partial charge in [0.15, 0.2) is 11.6 Å². The number of pyridine rings is 1. The monoisotopic (exact) mass is 231 g/mol. The topological polar surface area (TPSA) is 62.6 Å². The molecule has 88 valence electrons. The number of ketones is 1. The molecule has 2 heterocycles. The predicted octanol–water partition coefficient (Wildman–Crippen LogP) is 1.64. The van der Waals surface area contributed by atoms with Gasteiger partial charge in [0.05, 0.1) is 6.42 Å². The van der Waals surface area contributed by atoms with E-state index in [1.807, 2.05) is 13.8 Å². The highest BCUT2D eigenvalue weighted by atomic mass is 16.2. The number of aromatic nitrogens is 1. The van der Waals surface area contributed by atoms with Crippen molar-refractivity contribution < 1.29 is 9.59 Å². The van der Waals surface area contributed by atoms with Gasteiger partial charge in [0.25, 0.3) is 5.91 Å². The number of amides is 1. The summed E-state index contributed by atoms with van der Waals surface area (Å²) in [5.41, 5.74) is 0.555. The number of hydrogen-bond acceptors (Lipinski definition) is 4. The smallest absolute Gasteiger partial charge is 0.254 e. The fourth-order valence-electron chi connectivity index (χ4n) is 1.53. The third-order valence-corrected chi connectivity index (χ3v) is 2.47. The van der Waals surface area contributed by atoms with Gasteiger partial charge in [-0.1, -0.05) is 13.8 Å².